The fourth-order valence-electron chi connectivity index (χ4n) is 1.89. The van der Waals surface area contributed by atoms with Gasteiger partial charge in [-0.15, -0.1) is 0 Å². The number of benzene rings is 1. The van der Waals surface area contributed by atoms with Crippen LogP contribution in [0.15, 0.2) is 18.2 Å². The summed E-state index contributed by atoms with van der Waals surface area (Å²) in [5.74, 6) is -0.694. The van der Waals surface area contributed by atoms with Crippen molar-refractivity contribution in [1.29, 1.82) is 0 Å². The maximum Gasteiger partial charge on any atom is 0.328 e. The Balaban J connectivity index is 2.97. The van der Waals surface area contributed by atoms with Crippen LogP contribution in [0.4, 0.5) is 0 Å². The molecule has 0 aliphatic heterocycles. The fourth-order valence-corrected chi connectivity index (χ4v) is 1.89. The van der Waals surface area contributed by atoms with Gasteiger partial charge in [0.25, 0.3) is 0 Å². The molecule has 120 valence electrons. The SMILES string of the molecule is COC(=O)[C@H](Cc1ccc(OC(C)=O)c(OC)c1)NC(C)=O. The van der Waals surface area contributed by atoms with Gasteiger partial charge in [0.2, 0.25) is 5.91 Å². The smallest absolute Gasteiger partial charge is 0.328 e. The molecule has 1 aromatic rings. The van der Waals surface area contributed by atoms with E-state index >= 15 is 0 Å². The standard InChI is InChI=1S/C15H19NO6/c1-9(17)16-12(15(19)21-4)7-11-5-6-13(22-10(2)18)14(8-11)20-3/h5-6,8,12H,7H2,1-4H3,(H,16,17)/t12-/m0/s1. The summed E-state index contributed by atoms with van der Waals surface area (Å²) in [4.78, 5) is 33.9. The summed E-state index contributed by atoms with van der Waals surface area (Å²) in [6.45, 7) is 2.61. The number of carbonyl (C=O) groups is 3. The maximum absolute atomic E-state index is 11.7. The van der Waals surface area contributed by atoms with Gasteiger partial charge in [0.05, 0.1) is 14.2 Å². The van der Waals surface area contributed by atoms with E-state index in [2.05, 4.69) is 10.1 Å². The zero-order valence-corrected chi connectivity index (χ0v) is 13.0. The van der Waals surface area contributed by atoms with Crippen molar-refractivity contribution in [2.45, 2.75) is 26.3 Å². The van der Waals surface area contributed by atoms with Gasteiger partial charge in [-0.2, -0.15) is 0 Å². The van der Waals surface area contributed by atoms with Crippen molar-refractivity contribution >= 4 is 17.8 Å². The molecule has 1 rings (SSSR count). The van der Waals surface area contributed by atoms with Crippen molar-refractivity contribution in [2.24, 2.45) is 0 Å². The van der Waals surface area contributed by atoms with Crippen molar-refractivity contribution in [2.75, 3.05) is 14.2 Å². The Morgan fingerprint density at radius 2 is 1.82 bits per heavy atom. The fraction of sp³-hybridized carbons (Fsp3) is 0.400. The second-order valence-electron chi connectivity index (χ2n) is 4.56. The van der Waals surface area contributed by atoms with Gasteiger partial charge in [-0.25, -0.2) is 4.79 Å². The van der Waals surface area contributed by atoms with Crippen molar-refractivity contribution in [3.63, 3.8) is 0 Å². The minimum absolute atomic E-state index is 0.225. The lowest BCUT2D eigenvalue weighted by atomic mass is 10.1. The van der Waals surface area contributed by atoms with Gasteiger partial charge in [0.1, 0.15) is 6.04 Å². The average Bonchev–Trinajstić information content (AvgIpc) is 2.46. The Labute approximate surface area is 128 Å². The van der Waals surface area contributed by atoms with E-state index in [0.29, 0.717) is 5.75 Å². The number of hydrogen-bond acceptors (Lipinski definition) is 6. The van der Waals surface area contributed by atoms with Gasteiger partial charge in [0, 0.05) is 20.3 Å². The number of esters is 2. The quantitative estimate of drug-likeness (QED) is 0.618. The van der Waals surface area contributed by atoms with Gasteiger partial charge in [-0.3, -0.25) is 9.59 Å². The Morgan fingerprint density at radius 1 is 1.14 bits per heavy atom. The van der Waals surface area contributed by atoms with Crippen LogP contribution in [0, 0.1) is 0 Å². The van der Waals surface area contributed by atoms with Crippen LogP contribution in [0.1, 0.15) is 19.4 Å². The largest absolute Gasteiger partial charge is 0.493 e. The highest BCUT2D eigenvalue weighted by Gasteiger charge is 2.21. The molecule has 0 spiro atoms. The zero-order valence-electron chi connectivity index (χ0n) is 13.0. The Kier molecular flexibility index (Phi) is 6.37. The number of amides is 1. The van der Waals surface area contributed by atoms with E-state index in [1.54, 1.807) is 18.2 Å². The first kappa shape index (κ1) is 17.5. The summed E-state index contributed by atoms with van der Waals surface area (Å²) in [5, 5.41) is 2.52. The molecule has 0 heterocycles. The molecule has 7 nitrogen and oxygen atoms in total. The third kappa shape index (κ3) is 5.08. The molecular weight excluding hydrogens is 290 g/mol. The topological polar surface area (TPSA) is 90.9 Å². The predicted molar refractivity (Wildman–Crippen MR) is 77.6 cm³/mol. The Morgan fingerprint density at radius 3 is 2.32 bits per heavy atom. The highest BCUT2D eigenvalue weighted by Crippen LogP contribution is 2.28. The highest BCUT2D eigenvalue weighted by molar-refractivity contribution is 5.83. The molecule has 0 aromatic heterocycles. The van der Waals surface area contributed by atoms with Crippen molar-refractivity contribution in [3.05, 3.63) is 23.8 Å². The number of methoxy groups -OCH3 is 2. The second-order valence-corrected chi connectivity index (χ2v) is 4.56. The molecule has 22 heavy (non-hydrogen) atoms. The molecule has 0 saturated carbocycles. The van der Waals surface area contributed by atoms with Gasteiger partial charge >= 0.3 is 11.9 Å². The average molecular weight is 309 g/mol. The van der Waals surface area contributed by atoms with Gasteiger partial charge in [-0.05, 0) is 17.7 Å². The van der Waals surface area contributed by atoms with Crippen LogP contribution in [-0.2, 0) is 25.5 Å². The van der Waals surface area contributed by atoms with E-state index in [1.807, 2.05) is 0 Å². The van der Waals surface area contributed by atoms with Crippen LogP contribution in [0.3, 0.4) is 0 Å². The van der Waals surface area contributed by atoms with Crippen molar-refractivity contribution in [3.8, 4) is 11.5 Å². The molecule has 0 radical (unpaired) electrons. The number of ether oxygens (including phenoxy) is 3. The van der Waals surface area contributed by atoms with E-state index < -0.39 is 18.0 Å². The molecule has 0 unspecified atom stereocenters. The van der Waals surface area contributed by atoms with Crippen LogP contribution in [0.2, 0.25) is 0 Å². The van der Waals surface area contributed by atoms with E-state index in [-0.39, 0.29) is 18.1 Å². The summed E-state index contributed by atoms with van der Waals surface area (Å²) < 4.78 is 14.8. The first-order valence-corrected chi connectivity index (χ1v) is 6.57. The molecule has 1 N–H and O–H groups in total. The highest BCUT2D eigenvalue weighted by atomic mass is 16.6. The summed E-state index contributed by atoms with van der Waals surface area (Å²) >= 11 is 0. The maximum atomic E-state index is 11.7. The summed E-state index contributed by atoms with van der Waals surface area (Å²) in [6.07, 6.45) is 0.225. The first-order chi connectivity index (χ1) is 10.4. The van der Waals surface area contributed by atoms with E-state index in [9.17, 15) is 14.4 Å². The summed E-state index contributed by atoms with van der Waals surface area (Å²) in [6, 6.07) is 4.08. The summed E-state index contributed by atoms with van der Waals surface area (Å²) in [7, 11) is 2.69. The summed E-state index contributed by atoms with van der Waals surface area (Å²) in [5.41, 5.74) is 0.719. The van der Waals surface area contributed by atoms with Gasteiger partial charge in [-0.1, -0.05) is 6.07 Å². The van der Waals surface area contributed by atoms with Gasteiger partial charge in [0.15, 0.2) is 11.5 Å². The predicted octanol–water partition coefficient (Wildman–Crippen LogP) is 0.841. The molecule has 1 aromatic carbocycles. The van der Waals surface area contributed by atoms with Crippen LogP contribution < -0.4 is 14.8 Å². The minimum Gasteiger partial charge on any atom is -0.493 e. The van der Waals surface area contributed by atoms with Crippen LogP contribution in [0.5, 0.6) is 11.5 Å². The lowest BCUT2D eigenvalue weighted by Gasteiger charge is -2.16. The van der Waals surface area contributed by atoms with Crippen LogP contribution in [0.25, 0.3) is 0 Å². The molecule has 0 aliphatic carbocycles. The molecule has 1 atom stereocenters. The minimum atomic E-state index is -0.799. The monoisotopic (exact) mass is 309 g/mol. The zero-order chi connectivity index (χ0) is 16.7. The molecule has 1 amide bonds. The second kappa shape index (κ2) is 8.02. The van der Waals surface area contributed by atoms with E-state index in [1.165, 1.54) is 28.1 Å². The Hall–Kier alpha value is -2.57. The molecule has 0 saturated heterocycles. The lowest BCUT2D eigenvalue weighted by Crippen LogP contribution is -2.41. The van der Waals surface area contributed by atoms with E-state index in [4.69, 9.17) is 9.47 Å². The van der Waals surface area contributed by atoms with Crippen LogP contribution in [-0.4, -0.2) is 38.1 Å². The molecule has 0 fully saturated rings. The number of carbonyl (C=O) groups excluding carboxylic acids is 3. The molecule has 7 heteroatoms. The number of nitrogens with one attached hydrogen (secondary N) is 1. The van der Waals surface area contributed by atoms with Crippen molar-refractivity contribution < 1.29 is 28.6 Å². The normalized spacial score (nSPS) is 11.3. The molecule has 0 bridgehead atoms. The number of rotatable bonds is 6. The van der Waals surface area contributed by atoms with E-state index in [0.717, 1.165) is 5.56 Å². The molecule has 0 aliphatic rings. The Bertz CT molecular complexity index is 569. The molecular formula is C15H19NO6. The van der Waals surface area contributed by atoms with Crippen molar-refractivity contribution in [1.82, 2.24) is 5.32 Å². The first-order valence-electron chi connectivity index (χ1n) is 6.57. The number of hydrogen-bond donors (Lipinski definition) is 1. The third-order valence-electron chi connectivity index (χ3n) is 2.78. The van der Waals surface area contributed by atoms with Gasteiger partial charge < -0.3 is 19.5 Å². The third-order valence-corrected chi connectivity index (χ3v) is 2.78. The lowest BCUT2D eigenvalue weighted by molar-refractivity contribution is -0.144. The van der Waals surface area contributed by atoms with Crippen LogP contribution >= 0.6 is 0 Å².